The van der Waals surface area contributed by atoms with Crippen LogP contribution in [0.3, 0.4) is 0 Å². The van der Waals surface area contributed by atoms with E-state index in [0.717, 1.165) is 10.4 Å². The van der Waals surface area contributed by atoms with Gasteiger partial charge in [0.05, 0.1) is 38.4 Å². The second-order valence-electron chi connectivity index (χ2n) is 9.53. The minimum absolute atomic E-state index is 0.0212. The molecule has 3 heterocycles. The van der Waals surface area contributed by atoms with Crippen molar-refractivity contribution in [1.82, 2.24) is 15.5 Å². The van der Waals surface area contributed by atoms with Crippen LogP contribution in [-0.4, -0.2) is 66.6 Å². The van der Waals surface area contributed by atoms with Crippen LogP contribution in [-0.2, 0) is 25.6 Å². The molecule has 40 heavy (non-hydrogen) atoms. The Morgan fingerprint density at radius 2 is 1.82 bits per heavy atom. The second-order valence-corrected chi connectivity index (χ2v) is 10.5. The lowest BCUT2D eigenvalue weighted by molar-refractivity contribution is -0.152. The fraction of sp³-hybridized carbons (Fsp3) is 0.286. The Hall–Kier alpha value is -4.13. The van der Waals surface area contributed by atoms with Gasteiger partial charge < -0.3 is 30.7 Å². The molecule has 2 aliphatic rings. The Bertz CT molecular complexity index is 1440. The number of carbonyl (C=O) groups excluding carboxylic acids is 3. The number of nitrogens with two attached hydrogens (primary N) is 1. The van der Waals surface area contributed by atoms with E-state index in [1.165, 1.54) is 28.4 Å². The largest absolute Gasteiger partial charge is 0.384 e. The van der Waals surface area contributed by atoms with Crippen LogP contribution >= 0.6 is 11.3 Å². The van der Waals surface area contributed by atoms with Crippen molar-refractivity contribution in [2.24, 2.45) is 5.73 Å². The smallest absolute Gasteiger partial charge is 0.254 e. The van der Waals surface area contributed by atoms with E-state index in [9.17, 15) is 18.8 Å². The maximum Gasteiger partial charge on any atom is 0.254 e. The Morgan fingerprint density at radius 3 is 2.50 bits per heavy atom. The van der Waals surface area contributed by atoms with E-state index in [-0.39, 0.29) is 30.9 Å². The zero-order chi connectivity index (χ0) is 28.3. The summed E-state index contributed by atoms with van der Waals surface area (Å²) in [5.41, 5.74) is 7.32. The topological polar surface area (TPSA) is 147 Å². The average molecular weight is 566 g/mol. The number of rotatable bonds is 8. The Labute approximate surface area is 233 Å². The van der Waals surface area contributed by atoms with Crippen LogP contribution in [0.15, 0.2) is 60.0 Å². The second kappa shape index (κ2) is 11.5. The summed E-state index contributed by atoms with van der Waals surface area (Å²) >= 11 is 1.35. The van der Waals surface area contributed by atoms with E-state index in [1.807, 2.05) is 30.3 Å². The third kappa shape index (κ3) is 5.88. The molecule has 0 bridgehead atoms. The first kappa shape index (κ1) is 27.4. The maximum atomic E-state index is 14.8. The van der Waals surface area contributed by atoms with E-state index in [4.69, 9.17) is 20.6 Å². The summed E-state index contributed by atoms with van der Waals surface area (Å²) < 4.78 is 26.3. The number of carbonyl (C=O) groups is 3. The lowest BCUT2D eigenvalue weighted by Gasteiger charge is -2.24. The molecule has 10 nitrogen and oxygen atoms in total. The first-order valence-corrected chi connectivity index (χ1v) is 13.5. The monoisotopic (exact) mass is 565 g/mol. The molecule has 12 heteroatoms. The van der Waals surface area contributed by atoms with Crippen molar-refractivity contribution in [1.29, 1.82) is 5.41 Å². The predicted octanol–water partition coefficient (Wildman–Crippen LogP) is 2.23. The highest BCUT2D eigenvalue weighted by Crippen LogP contribution is 2.35. The minimum atomic E-state index is -1.09. The Morgan fingerprint density at radius 1 is 1.07 bits per heavy atom. The molecule has 5 N–H and O–H groups in total. The summed E-state index contributed by atoms with van der Waals surface area (Å²) in [6.45, 7) is 0.459. The number of ether oxygens (including phenoxy) is 2. The third-order valence-electron chi connectivity index (χ3n) is 6.85. The molecular weight excluding hydrogens is 537 g/mol. The lowest BCUT2D eigenvalue weighted by Crippen LogP contribution is -2.49. The van der Waals surface area contributed by atoms with Gasteiger partial charge in [-0.15, -0.1) is 11.3 Å². The molecule has 2 aromatic carbocycles. The van der Waals surface area contributed by atoms with Crippen molar-refractivity contribution < 1.29 is 28.2 Å². The number of hydrogen-bond acceptors (Lipinski definition) is 7. The number of nitrogen functional groups attached to an aromatic ring is 1. The molecule has 1 aromatic heterocycles. The zero-order valence-corrected chi connectivity index (χ0v) is 22.3. The van der Waals surface area contributed by atoms with Gasteiger partial charge in [-0.3, -0.25) is 19.8 Å². The van der Waals surface area contributed by atoms with Crippen molar-refractivity contribution in [2.45, 2.75) is 24.8 Å². The maximum absolute atomic E-state index is 14.8. The molecule has 0 aliphatic carbocycles. The van der Waals surface area contributed by atoms with Crippen molar-refractivity contribution in [3.05, 3.63) is 81.8 Å². The normalized spacial score (nSPS) is 17.6. The SMILES string of the molecule is N=C(N)c1csc(CNC(=O)[C@@H]2CC3(CN2C(=O)CNC(=O)c2ccc(-c4ccccc4)cc2F)OCCO3)c1. The van der Waals surface area contributed by atoms with Crippen molar-refractivity contribution in [3.63, 3.8) is 0 Å². The van der Waals surface area contributed by atoms with Gasteiger partial charge >= 0.3 is 0 Å². The molecule has 2 aliphatic heterocycles. The molecule has 2 fully saturated rings. The molecule has 5 rings (SSSR count). The summed E-state index contributed by atoms with van der Waals surface area (Å²) in [6, 6.07) is 14.3. The van der Waals surface area contributed by atoms with Gasteiger partial charge in [-0.2, -0.15) is 0 Å². The number of nitrogens with one attached hydrogen (secondary N) is 3. The Kier molecular flexibility index (Phi) is 7.92. The standard InChI is InChI=1S/C28H28FN5O5S/c29-22-11-18(17-4-2-1-3-5-17)6-7-21(22)26(36)33-14-24(35)34-16-28(38-8-9-39-28)12-23(34)27(37)32-13-20-10-19(15-40-20)25(30)31/h1-7,10-11,15,23H,8-9,12-14,16H2,(H3,30,31)(H,32,37)(H,33,36)/t23-/m0/s1. The molecule has 0 radical (unpaired) electrons. The van der Waals surface area contributed by atoms with Crippen LogP contribution in [0, 0.1) is 11.2 Å². The quantitative estimate of drug-likeness (QED) is 0.243. The van der Waals surface area contributed by atoms with Crippen LogP contribution in [0.5, 0.6) is 0 Å². The van der Waals surface area contributed by atoms with Crippen LogP contribution in [0.4, 0.5) is 4.39 Å². The minimum Gasteiger partial charge on any atom is -0.384 e. The van der Waals surface area contributed by atoms with Crippen molar-refractivity contribution >= 4 is 34.9 Å². The highest BCUT2D eigenvalue weighted by molar-refractivity contribution is 7.10. The number of halogens is 1. The molecule has 3 amide bonds. The average Bonchev–Trinajstić information content (AvgIpc) is 3.71. The molecule has 1 spiro atoms. The summed E-state index contributed by atoms with van der Waals surface area (Å²) in [7, 11) is 0. The van der Waals surface area contributed by atoms with Gasteiger partial charge in [0.2, 0.25) is 11.8 Å². The summed E-state index contributed by atoms with van der Waals surface area (Å²) in [6.07, 6.45) is 0.136. The van der Waals surface area contributed by atoms with Crippen molar-refractivity contribution in [3.8, 4) is 11.1 Å². The van der Waals surface area contributed by atoms with Crippen LogP contribution in [0.1, 0.15) is 27.2 Å². The van der Waals surface area contributed by atoms with Gasteiger partial charge in [0.15, 0.2) is 5.79 Å². The molecule has 3 aromatic rings. The zero-order valence-electron chi connectivity index (χ0n) is 21.4. The molecular formula is C28H28FN5O5S. The molecule has 0 saturated carbocycles. The van der Waals surface area contributed by atoms with E-state index >= 15 is 0 Å². The van der Waals surface area contributed by atoms with Gasteiger partial charge in [-0.1, -0.05) is 36.4 Å². The highest BCUT2D eigenvalue weighted by Gasteiger charge is 2.52. The number of hydrogen-bond donors (Lipinski definition) is 4. The lowest BCUT2D eigenvalue weighted by atomic mass is 10.0. The number of thiophene rings is 1. The number of likely N-dealkylation sites (tertiary alicyclic amines) is 1. The van der Waals surface area contributed by atoms with E-state index in [0.29, 0.717) is 24.3 Å². The summed E-state index contributed by atoms with van der Waals surface area (Å²) in [5.74, 6) is -3.54. The van der Waals surface area contributed by atoms with E-state index < -0.39 is 41.9 Å². The first-order chi connectivity index (χ1) is 19.2. The van der Waals surface area contributed by atoms with E-state index in [1.54, 1.807) is 17.5 Å². The van der Waals surface area contributed by atoms with Gasteiger partial charge in [0.25, 0.3) is 5.91 Å². The summed E-state index contributed by atoms with van der Waals surface area (Å²) in [4.78, 5) is 41.2. The van der Waals surface area contributed by atoms with Gasteiger partial charge in [-0.05, 0) is 29.3 Å². The number of benzene rings is 2. The van der Waals surface area contributed by atoms with Crippen LogP contribution in [0.25, 0.3) is 11.1 Å². The predicted molar refractivity (Wildman–Crippen MR) is 146 cm³/mol. The fourth-order valence-corrected chi connectivity index (χ4v) is 5.63. The first-order valence-electron chi connectivity index (χ1n) is 12.6. The Balaban J connectivity index is 1.23. The van der Waals surface area contributed by atoms with Crippen LogP contribution in [0.2, 0.25) is 0 Å². The molecule has 0 unspecified atom stereocenters. The van der Waals surface area contributed by atoms with E-state index in [2.05, 4.69) is 10.6 Å². The number of amides is 3. The van der Waals surface area contributed by atoms with Crippen molar-refractivity contribution in [2.75, 3.05) is 26.3 Å². The van der Waals surface area contributed by atoms with Gasteiger partial charge in [0, 0.05) is 22.2 Å². The number of nitrogens with zero attached hydrogens (tertiary/aromatic N) is 1. The molecule has 2 saturated heterocycles. The summed E-state index contributed by atoms with van der Waals surface area (Å²) in [5, 5.41) is 14.5. The van der Waals surface area contributed by atoms with Gasteiger partial charge in [-0.25, -0.2) is 4.39 Å². The number of amidine groups is 1. The third-order valence-corrected chi connectivity index (χ3v) is 7.79. The molecule has 1 atom stereocenters. The van der Waals surface area contributed by atoms with Gasteiger partial charge in [0.1, 0.15) is 17.7 Å². The fourth-order valence-electron chi connectivity index (χ4n) is 4.81. The van der Waals surface area contributed by atoms with Crippen LogP contribution < -0.4 is 16.4 Å². The highest BCUT2D eigenvalue weighted by atomic mass is 32.1. The molecule has 208 valence electrons.